The van der Waals surface area contributed by atoms with Crippen LogP contribution in [0.4, 0.5) is 0 Å². The normalized spacial score (nSPS) is 12.3. The number of fused-ring (bicyclic) bond motifs is 9. The van der Waals surface area contributed by atoms with E-state index in [0.29, 0.717) is 0 Å². The molecule has 2 aromatic heterocycles. The van der Waals surface area contributed by atoms with Crippen molar-refractivity contribution < 1.29 is 0 Å². The minimum atomic E-state index is 1.22. The van der Waals surface area contributed by atoms with Gasteiger partial charge in [0.05, 0.1) is 5.52 Å². The van der Waals surface area contributed by atoms with Crippen molar-refractivity contribution in [3.05, 3.63) is 108 Å². The van der Waals surface area contributed by atoms with Crippen LogP contribution in [0.5, 0.6) is 0 Å². The summed E-state index contributed by atoms with van der Waals surface area (Å²) in [6.07, 6.45) is 4.40. The number of hydrogen-bond acceptors (Lipinski definition) is 1. The summed E-state index contributed by atoms with van der Waals surface area (Å²) in [6, 6.07) is 33.5. The SMILES string of the molecule is Cc1ccc(/C=C/c2ccc3c4ccc5c(ccc6c7ccccc7sc65)c4n(C)c3c2)cc1. The lowest BCUT2D eigenvalue weighted by atomic mass is 10.0. The smallest absolute Gasteiger partial charge is 0.0568 e. The molecule has 0 bridgehead atoms. The van der Waals surface area contributed by atoms with Gasteiger partial charge in [0.25, 0.3) is 0 Å². The first-order chi connectivity index (χ1) is 16.7. The summed E-state index contributed by atoms with van der Waals surface area (Å²) in [5.74, 6) is 0. The molecule has 0 amide bonds. The van der Waals surface area contributed by atoms with Gasteiger partial charge in [-0.05, 0) is 30.2 Å². The van der Waals surface area contributed by atoms with Crippen LogP contribution >= 0.6 is 11.3 Å². The molecule has 2 heteroatoms. The summed E-state index contributed by atoms with van der Waals surface area (Å²) in [5.41, 5.74) is 6.31. The molecule has 0 radical (unpaired) electrons. The van der Waals surface area contributed by atoms with Gasteiger partial charge in [-0.1, -0.05) is 96.6 Å². The highest BCUT2D eigenvalue weighted by Gasteiger charge is 2.14. The van der Waals surface area contributed by atoms with Crippen LogP contribution in [-0.4, -0.2) is 4.57 Å². The fourth-order valence-corrected chi connectivity index (χ4v) is 6.53. The Labute approximate surface area is 202 Å². The molecule has 0 saturated carbocycles. The van der Waals surface area contributed by atoms with Gasteiger partial charge >= 0.3 is 0 Å². The molecular formula is C32H23NS. The molecular weight excluding hydrogens is 430 g/mol. The molecule has 0 aliphatic rings. The number of aromatic nitrogens is 1. The van der Waals surface area contributed by atoms with Crippen LogP contribution in [-0.2, 0) is 7.05 Å². The summed E-state index contributed by atoms with van der Waals surface area (Å²) < 4.78 is 5.11. The molecule has 0 atom stereocenters. The van der Waals surface area contributed by atoms with Crippen LogP contribution in [0.15, 0.2) is 91.0 Å². The highest BCUT2D eigenvalue weighted by atomic mass is 32.1. The number of rotatable bonds is 2. The van der Waals surface area contributed by atoms with Crippen molar-refractivity contribution in [2.24, 2.45) is 7.05 Å². The van der Waals surface area contributed by atoms with Crippen molar-refractivity contribution in [3.63, 3.8) is 0 Å². The average molecular weight is 454 g/mol. The second-order valence-electron chi connectivity index (χ2n) is 9.18. The fraction of sp³-hybridized carbons (Fsp3) is 0.0625. The van der Waals surface area contributed by atoms with Crippen molar-refractivity contribution in [2.45, 2.75) is 6.92 Å². The Bertz CT molecular complexity index is 1910. The molecule has 162 valence electrons. The van der Waals surface area contributed by atoms with Crippen LogP contribution in [0.2, 0.25) is 0 Å². The molecule has 7 aromatic rings. The zero-order chi connectivity index (χ0) is 22.8. The molecule has 5 aromatic carbocycles. The second-order valence-corrected chi connectivity index (χ2v) is 10.2. The van der Waals surface area contributed by atoms with Gasteiger partial charge in [-0.2, -0.15) is 0 Å². The van der Waals surface area contributed by atoms with E-state index in [9.17, 15) is 0 Å². The third kappa shape index (κ3) is 2.85. The molecule has 1 nitrogen and oxygen atoms in total. The Kier molecular flexibility index (Phi) is 4.21. The summed E-state index contributed by atoms with van der Waals surface area (Å²) in [4.78, 5) is 0. The largest absolute Gasteiger partial charge is 0.343 e. The molecule has 0 aliphatic heterocycles. The first-order valence-electron chi connectivity index (χ1n) is 11.7. The Morgan fingerprint density at radius 2 is 1.24 bits per heavy atom. The third-order valence-electron chi connectivity index (χ3n) is 7.07. The predicted octanol–water partition coefficient (Wildman–Crippen LogP) is 9.33. The molecule has 34 heavy (non-hydrogen) atoms. The van der Waals surface area contributed by atoms with Crippen LogP contribution in [0.25, 0.3) is 64.9 Å². The average Bonchev–Trinajstić information content (AvgIpc) is 3.39. The van der Waals surface area contributed by atoms with Gasteiger partial charge in [0.15, 0.2) is 0 Å². The van der Waals surface area contributed by atoms with Gasteiger partial charge in [0.1, 0.15) is 0 Å². The minimum absolute atomic E-state index is 1.22. The highest BCUT2D eigenvalue weighted by Crippen LogP contribution is 2.41. The summed E-state index contributed by atoms with van der Waals surface area (Å²) in [6.45, 7) is 2.12. The second kappa shape index (κ2) is 7.31. The number of aryl methyl sites for hydroxylation is 2. The van der Waals surface area contributed by atoms with Gasteiger partial charge < -0.3 is 4.57 Å². The van der Waals surface area contributed by atoms with E-state index < -0.39 is 0 Å². The van der Waals surface area contributed by atoms with Crippen LogP contribution in [0.1, 0.15) is 16.7 Å². The lowest BCUT2D eigenvalue weighted by Gasteiger charge is -2.05. The van der Waals surface area contributed by atoms with Gasteiger partial charge in [0, 0.05) is 54.3 Å². The number of hydrogen-bond donors (Lipinski definition) is 0. The van der Waals surface area contributed by atoms with Gasteiger partial charge in [-0.15, -0.1) is 11.3 Å². The molecule has 0 saturated heterocycles. The predicted molar refractivity (Wildman–Crippen MR) is 151 cm³/mol. The molecule has 7 rings (SSSR count). The lowest BCUT2D eigenvalue weighted by molar-refractivity contribution is 1.02. The zero-order valence-corrected chi connectivity index (χ0v) is 20.0. The van der Waals surface area contributed by atoms with Gasteiger partial charge in [-0.3, -0.25) is 0 Å². The number of benzene rings is 5. The molecule has 0 aliphatic carbocycles. The van der Waals surface area contributed by atoms with Crippen LogP contribution < -0.4 is 0 Å². The molecule has 0 fully saturated rings. The molecule has 2 heterocycles. The quantitative estimate of drug-likeness (QED) is 0.230. The van der Waals surface area contributed by atoms with Gasteiger partial charge in [0.2, 0.25) is 0 Å². The summed E-state index contributed by atoms with van der Waals surface area (Å²) in [7, 11) is 2.20. The molecule has 0 N–H and O–H groups in total. The first-order valence-corrected chi connectivity index (χ1v) is 12.5. The van der Waals surface area contributed by atoms with Crippen LogP contribution in [0, 0.1) is 6.92 Å². The van der Waals surface area contributed by atoms with Crippen molar-refractivity contribution >= 4 is 76.2 Å². The van der Waals surface area contributed by atoms with Crippen molar-refractivity contribution in [3.8, 4) is 0 Å². The monoisotopic (exact) mass is 453 g/mol. The Morgan fingerprint density at radius 1 is 0.618 bits per heavy atom. The van der Waals surface area contributed by atoms with E-state index in [0.717, 1.165) is 0 Å². The third-order valence-corrected chi connectivity index (χ3v) is 8.29. The Balaban J connectivity index is 1.44. The maximum Gasteiger partial charge on any atom is 0.0568 e. The number of nitrogens with zero attached hydrogens (tertiary/aromatic N) is 1. The van der Waals surface area contributed by atoms with E-state index in [-0.39, 0.29) is 0 Å². The van der Waals surface area contributed by atoms with E-state index >= 15 is 0 Å². The van der Waals surface area contributed by atoms with E-state index in [2.05, 4.69) is 122 Å². The zero-order valence-electron chi connectivity index (χ0n) is 19.2. The van der Waals surface area contributed by atoms with E-state index in [1.807, 2.05) is 11.3 Å². The van der Waals surface area contributed by atoms with Crippen molar-refractivity contribution in [2.75, 3.05) is 0 Å². The highest BCUT2D eigenvalue weighted by molar-refractivity contribution is 7.26. The molecule has 0 unspecified atom stereocenters. The van der Waals surface area contributed by atoms with Crippen LogP contribution in [0.3, 0.4) is 0 Å². The van der Waals surface area contributed by atoms with E-state index in [4.69, 9.17) is 0 Å². The Hall–Kier alpha value is -3.88. The van der Waals surface area contributed by atoms with Gasteiger partial charge in [-0.25, -0.2) is 0 Å². The lowest BCUT2D eigenvalue weighted by Crippen LogP contribution is -1.88. The maximum absolute atomic E-state index is 2.37. The summed E-state index contributed by atoms with van der Waals surface area (Å²) >= 11 is 1.90. The van der Waals surface area contributed by atoms with Crippen molar-refractivity contribution in [1.29, 1.82) is 0 Å². The standard InChI is InChI=1S/C32H23NS/c1-20-7-9-21(10-8-20)11-12-22-13-14-23-25-15-18-28-26(31(25)33(2)29(23)19-22)16-17-27-24-5-3-4-6-30(24)34-32(27)28/h3-19H,1-2H3/b12-11+. The Morgan fingerprint density at radius 3 is 2.06 bits per heavy atom. The van der Waals surface area contributed by atoms with Crippen molar-refractivity contribution in [1.82, 2.24) is 4.57 Å². The minimum Gasteiger partial charge on any atom is -0.343 e. The van der Waals surface area contributed by atoms with E-state index in [1.54, 1.807) is 0 Å². The first kappa shape index (κ1) is 19.6. The topological polar surface area (TPSA) is 4.93 Å². The maximum atomic E-state index is 2.37. The number of thiophene rings is 1. The summed E-state index contributed by atoms with van der Waals surface area (Å²) in [5, 5.41) is 8.01. The molecule has 0 spiro atoms. The fourth-order valence-electron chi connectivity index (χ4n) is 5.30. The van der Waals surface area contributed by atoms with E-state index in [1.165, 1.54) is 69.4 Å².